The molecular formula is C14H27NS. The van der Waals surface area contributed by atoms with Crippen LogP contribution in [0.25, 0.3) is 0 Å². The van der Waals surface area contributed by atoms with Crippen molar-refractivity contribution < 1.29 is 0 Å². The Labute approximate surface area is 105 Å². The lowest BCUT2D eigenvalue weighted by Crippen LogP contribution is -2.30. The number of allylic oxidation sites excluding steroid dienone is 1. The van der Waals surface area contributed by atoms with E-state index in [0.717, 1.165) is 6.54 Å². The van der Waals surface area contributed by atoms with Gasteiger partial charge in [0.05, 0.1) is 0 Å². The summed E-state index contributed by atoms with van der Waals surface area (Å²) in [5.41, 5.74) is 1.67. The van der Waals surface area contributed by atoms with Crippen LogP contribution in [0.15, 0.2) is 11.6 Å². The Hall–Kier alpha value is 0.0500. The summed E-state index contributed by atoms with van der Waals surface area (Å²) in [6.07, 6.45) is 7.71. The zero-order chi connectivity index (χ0) is 12.0. The van der Waals surface area contributed by atoms with E-state index in [4.69, 9.17) is 0 Å². The van der Waals surface area contributed by atoms with Crippen LogP contribution in [-0.4, -0.2) is 23.1 Å². The van der Waals surface area contributed by atoms with E-state index in [1.807, 2.05) is 11.8 Å². The van der Waals surface area contributed by atoms with Gasteiger partial charge in [0.2, 0.25) is 0 Å². The minimum absolute atomic E-state index is 0.393. The smallest absolute Gasteiger partial charge is 0.0130 e. The summed E-state index contributed by atoms with van der Waals surface area (Å²) in [7, 11) is 0. The summed E-state index contributed by atoms with van der Waals surface area (Å²) in [5, 5.41) is 3.62. The van der Waals surface area contributed by atoms with Crippen LogP contribution < -0.4 is 5.32 Å². The fraction of sp³-hybridized carbons (Fsp3) is 0.857. The van der Waals surface area contributed by atoms with Gasteiger partial charge in [0.25, 0.3) is 0 Å². The SMILES string of the molecule is CC(CSC(C)(C)C)NCCC1=CCCC1. The Morgan fingerprint density at radius 2 is 2.19 bits per heavy atom. The highest BCUT2D eigenvalue weighted by Crippen LogP contribution is 2.24. The van der Waals surface area contributed by atoms with E-state index in [1.54, 1.807) is 5.57 Å². The summed E-state index contributed by atoms with van der Waals surface area (Å²) in [5.74, 6) is 1.21. The van der Waals surface area contributed by atoms with Crippen molar-refractivity contribution >= 4 is 11.8 Å². The molecule has 0 saturated heterocycles. The maximum atomic E-state index is 3.62. The lowest BCUT2D eigenvalue weighted by atomic mass is 10.1. The Morgan fingerprint density at radius 1 is 1.44 bits per heavy atom. The van der Waals surface area contributed by atoms with Crippen molar-refractivity contribution in [3.8, 4) is 0 Å². The van der Waals surface area contributed by atoms with E-state index in [2.05, 4.69) is 39.1 Å². The molecule has 0 fully saturated rings. The first-order valence-corrected chi connectivity index (χ1v) is 7.51. The molecule has 0 aromatic heterocycles. The molecule has 0 heterocycles. The predicted molar refractivity (Wildman–Crippen MR) is 76.2 cm³/mol. The van der Waals surface area contributed by atoms with E-state index < -0.39 is 0 Å². The monoisotopic (exact) mass is 241 g/mol. The summed E-state index contributed by atoms with van der Waals surface area (Å²) in [4.78, 5) is 0. The van der Waals surface area contributed by atoms with Crippen LogP contribution in [-0.2, 0) is 0 Å². The van der Waals surface area contributed by atoms with E-state index >= 15 is 0 Å². The molecule has 0 aliphatic heterocycles. The molecule has 1 rings (SSSR count). The van der Waals surface area contributed by atoms with Gasteiger partial charge < -0.3 is 5.32 Å². The van der Waals surface area contributed by atoms with Crippen LogP contribution in [0.2, 0.25) is 0 Å². The first kappa shape index (κ1) is 14.1. The van der Waals surface area contributed by atoms with Crippen LogP contribution in [0.1, 0.15) is 53.4 Å². The minimum Gasteiger partial charge on any atom is -0.313 e. The molecule has 1 aliphatic carbocycles. The second-order valence-corrected chi connectivity index (χ2v) is 7.63. The van der Waals surface area contributed by atoms with E-state index in [-0.39, 0.29) is 0 Å². The van der Waals surface area contributed by atoms with Crippen molar-refractivity contribution in [2.24, 2.45) is 0 Å². The second kappa shape index (κ2) is 6.70. The zero-order valence-electron chi connectivity index (χ0n) is 11.3. The Kier molecular flexibility index (Phi) is 5.91. The quantitative estimate of drug-likeness (QED) is 0.706. The van der Waals surface area contributed by atoms with E-state index in [9.17, 15) is 0 Å². The first-order valence-electron chi connectivity index (χ1n) is 6.52. The van der Waals surface area contributed by atoms with Crippen LogP contribution in [0.3, 0.4) is 0 Å². The molecule has 0 radical (unpaired) electrons. The Bertz CT molecular complexity index is 227. The molecule has 94 valence electrons. The topological polar surface area (TPSA) is 12.0 Å². The predicted octanol–water partition coefficient (Wildman–Crippen LogP) is 4.00. The number of rotatable bonds is 6. The zero-order valence-corrected chi connectivity index (χ0v) is 12.1. The van der Waals surface area contributed by atoms with E-state index in [0.29, 0.717) is 10.8 Å². The number of nitrogens with one attached hydrogen (secondary N) is 1. The summed E-state index contributed by atoms with van der Waals surface area (Å²) in [6.45, 7) is 10.3. The molecule has 0 bridgehead atoms. The molecule has 0 aromatic carbocycles. The van der Waals surface area contributed by atoms with Gasteiger partial charge >= 0.3 is 0 Å². The van der Waals surface area contributed by atoms with Gasteiger partial charge in [-0.1, -0.05) is 32.4 Å². The van der Waals surface area contributed by atoms with Crippen molar-refractivity contribution in [2.45, 2.75) is 64.2 Å². The maximum Gasteiger partial charge on any atom is 0.0130 e. The standard InChI is InChI=1S/C14H27NS/c1-12(11-16-14(2,3)4)15-10-9-13-7-5-6-8-13/h7,12,15H,5-6,8-11H2,1-4H3. The minimum atomic E-state index is 0.393. The molecule has 2 heteroatoms. The van der Waals surface area contributed by atoms with Gasteiger partial charge in [0, 0.05) is 16.5 Å². The fourth-order valence-corrected chi connectivity index (χ4v) is 2.75. The van der Waals surface area contributed by atoms with Crippen molar-refractivity contribution in [3.63, 3.8) is 0 Å². The average Bonchev–Trinajstić information content (AvgIpc) is 2.66. The number of hydrogen-bond donors (Lipinski definition) is 1. The van der Waals surface area contributed by atoms with Crippen molar-refractivity contribution in [1.82, 2.24) is 5.32 Å². The van der Waals surface area contributed by atoms with E-state index in [1.165, 1.54) is 31.4 Å². The van der Waals surface area contributed by atoms with Gasteiger partial charge in [0.15, 0.2) is 0 Å². The van der Waals surface area contributed by atoms with Gasteiger partial charge in [-0.2, -0.15) is 11.8 Å². The van der Waals surface area contributed by atoms with Crippen molar-refractivity contribution in [1.29, 1.82) is 0 Å². The molecular weight excluding hydrogens is 214 g/mol. The molecule has 1 nitrogen and oxygen atoms in total. The van der Waals surface area contributed by atoms with Gasteiger partial charge in [0.1, 0.15) is 0 Å². The molecule has 0 amide bonds. The lowest BCUT2D eigenvalue weighted by Gasteiger charge is -2.21. The van der Waals surface area contributed by atoms with Gasteiger partial charge in [-0.15, -0.1) is 0 Å². The molecule has 1 N–H and O–H groups in total. The summed E-state index contributed by atoms with van der Waals surface area (Å²) >= 11 is 2.05. The third-order valence-electron chi connectivity index (χ3n) is 2.84. The molecule has 1 aliphatic rings. The first-order chi connectivity index (χ1) is 7.47. The summed E-state index contributed by atoms with van der Waals surface area (Å²) in [6, 6.07) is 0.631. The highest BCUT2D eigenvalue weighted by molar-refractivity contribution is 8.00. The average molecular weight is 241 g/mol. The van der Waals surface area contributed by atoms with Crippen LogP contribution in [0, 0.1) is 0 Å². The Morgan fingerprint density at radius 3 is 2.75 bits per heavy atom. The largest absolute Gasteiger partial charge is 0.313 e. The molecule has 16 heavy (non-hydrogen) atoms. The number of thioether (sulfide) groups is 1. The third-order valence-corrected chi connectivity index (χ3v) is 4.37. The maximum absolute atomic E-state index is 3.62. The fourth-order valence-electron chi connectivity index (χ4n) is 1.88. The normalized spacial score (nSPS) is 18.6. The van der Waals surface area contributed by atoms with Crippen molar-refractivity contribution in [2.75, 3.05) is 12.3 Å². The molecule has 0 saturated carbocycles. The highest BCUT2D eigenvalue weighted by Gasteiger charge is 2.12. The lowest BCUT2D eigenvalue weighted by molar-refractivity contribution is 0.590. The highest BCUT2D eigenvalue weighted by atomic mass is 32.2. The number of hydrogen-bond acceptors (Lipinski definition) is 2. The van der Waals surface area contributed by atoms with Crippen molar-refractivity contribution in [3.05, 3.63) is 11.6 Å². The summed E-state index contributed by atoms with van der Waals surface area (Å²) < 4.78 is 0.393. The molecule has 0 aromatic rings. The van der Waals surface area contributed by atoms with Gasteiger partial charge in [-0.05, 0) is 39.2 Å². The van der Waals surface area contributed by atoms with Crippen LogP contribution >= 0.6 is 11.8 Å². The third kappa shape index (κ3) is 6.59. The molecule has 0 spiro atoms. The van der Waals surface area contributed by atoms with Gasteiger partial charge in [-0.25, -0.2) is 0 Å². The van der Waals surface area contributed by atoms with Gasteiger partial charge in [-0.3, -0.25) is 0 Å². The molecule has 1 atom stereocenters. The van der Waals surface area contributed by atoms with Crippen LogP contribution in [0.4, 0.5) is 0 Å². The molecule has 1 unspecified atom stereocenters. The second-order valence-electron chi connectivity index (χ2n) is 5.78. The Balaban J connectivity index is 2.03. The van der Waals surface area contributed by atoms with Crippen LogP contribution in [0.5, 0.6) is 0 Å².